The second kappa shape index (κ2) is 8.49. The predicted molar refractivity (Wildman–Crippen MR) is 116 cm³/mol. The largest absolute Gasteiger partial charge is 0.465 e. The average Bonchev–Trinajstić information content (AvgIpc) is 3.12. The molecule has 31 heavy (non-hydrogen) atoms. The Morgan fingerprint density at radius 2 is 1.87 bits per heavy atom. The number of anilines is 1. The Labute approximate surface area is 180 Å². The third kappa shape index (κ3) is 3.80. The zero-order chi connectivity index (χ0) is 22.1. The normalized spacial score (nSPS) is 18.5. The predicted octanol–water partition coefficient (Wildman–Crippen LogP) is 4.34. The maximum Gasteiger partial charge on any atom is 0.321 e. The van der Waals surface area contributed by atoms with Crippen molar-refractivity contribution in [3.63, 3.8) is 0 Å². The van der Waals surface area contributed by atoms with E-state index >= 15 is 0 Å². The number of rotatable bonds is 6. The molecular weight excluding hydrogens is 397 g/mol. The van der Waals surface area contributed by atoms with Crippen LogP contribution in [0.2, 0.25) is 0 Å². The standard InChI is InChI=1S/C24H26FN3O3/c1-4-31-23(30)20-21(16-9-11-17(25)12-10-16)28-19-8-6-5-7-18(19)26-24(28)27(22(20)29)14-13-15(2)3/h5-12,15,20-21H,4,13-14H2,1-3H3/t20-,21+/m0/s1. The summed E-state index contributed by atoms with van der Waals surface area (Å²) in [7, 11) is 0. The first kappa shape index (κ1) is 21.0. The van der Waals surface area contributed by atoms with Gasteiger partial charge in [0, 0.05) is 6.54 Å². The number of carbonyl (C=O) groups is 2. The van der Waals surface area contributed by atoms with Crippen molar-refractivity contribution >= 4 is 28.9 Å². The minimum absolute atomic E-state index is 0.169. The SMILES string of the molecule is CCOC(=O)[C@@H]1C(=O)N(CCC(C)C)c2nc3ccccc3n2[C@@H]1c1ccc(F)cc1. The van der Waals surface area contributed by atoms with Crippen LogP contribution in [0.1, 0.15) is 38.8 Å². The number of carbonyl (C=O) groups excluding carboxylic acids is 2. The molecule has 2 atom stereocenters. The van der Waals surface area contributed by atoms with E-state index in [0.717, 1.165) is 17.5 Å². The zero-order valence-electron chi connectivity index (χ0n) is 17.9. The molecule has 0 radical (unpaired) electrons. The molecule has 1 aliphatic heterocycles. The van der Waals surface area contributed by atoms with E-state index in [4.69, 9.17) is 9.72 Å². The first-order valence-electron chi connectivity index (χ1n) is 10.6. The number of hydrogen-bond donors (Lipinski definition) is 0. The van der Waals surface area contributed by atoms with Crippen LogP contribution in [0.4, 0.5) is 10.3 Å². The van der Waals surface area contributed by atoms with Crippen molar-refractivity contribution in [3.05, 3.63) is 59.9 Å². The monoisotopic (exact) mass is 423 g/mol. The van der Waals surface area contributed by atoms with Gasteiger partial charge >= 0.3 is 5.97 Å². The molecule has 6 nitrogen and oxygen atoms in total. The molecule has 1 aliphatic rings. The Morgan fingerprint density at radius 3 is 2.55 bits per heavy atom. The highest BCUT2D eigenvalue weighted by atomic mass is 19.1. The molecule has 0 unspecified atom stereocenters. The number of benzene rings is 2. The summed E-state index contributed by atoms with van der Waals surface area (Å²) in [4.78, 5) is 33.0. The maximum absolute atomic E-state index is 13.6. The molecule has 0 bridgehead atoms. The number of fused-ring (bicyclic) bond motifs is 3. The number of aromatic nitrogens is 2. The van der Waals surface area contributed by atoms with Crippen LogP contribution in [-0.2, 0) is 14.3 Å². The summed E-state index contributed by atoms with van der Waals surface area (Å²) in [5.74, 6) is -1.50. The lowest BCUT2D eigenvalue weighted by Crippen LogP contribution is -2.50. The molecule has 0 saturated heterocycles. The summed E-state index contributed by atoms with van der Waals surface area (Å²) < 4.78 is 20.9. The Kier molecular flexibility index (Phi) is 5.76. The van der Waals surface area contributed by atoms with Crippen molar-refractivity contribution in [2.75, 3.05) is 18.1 Å². The molecule has 2 aromatic carbocycles. The fourth-order valence-corrected chi connectivity index (χ4v) is 4.11. The lowest BCUT2D eigenvalue weighted by Gasteiger charge is -2.38. The summed E-state index contributed by atoms with van der Waals surface area (Å²) in [5.41, 5.74) is 2.19. The third-order valence-electron chi connectivity index (χ3n) is 5.63. The average molecular weight is 423 g/mol. The quantitative estimate of drug-likeness (QED) is 0.437. The van der Waals surface area contributed by atoms with Gasteiger partial charge in [-0.25, -0.2) is 9.37 Å². The third-order valence-corrected chi connectivity index (χ3v) is 5.63. The first-order chi connectivity index (χ1) is 14.9. The zero-order valence-corrected chi connectivity index (χ0v) is 17.9. The number of imidazole rings is 1. The lowest BCUT2D eigenvalue weighted by atomic mass is 9.89. The summed E-state index contributed by atoms with van der Waals surface area (Å²) in [5, 5.41) is 0. The van der Waals surface area contributed by atoms with Crippen LogP contribution < -0.4 is 4.90 Å². The van der Waals surface area contributed by atoms with Crippen LogP contribution in [0.15, 0.2) is 48.5 Å². The van der Waals surface area contributed by atoms with Gasteiger partial charge in [-0.2, -0.15) is 0 Å². The van der Waals surface area contributed by atoms with Crippen LogP contribution in [0.25, 0.3) is 11.0 Å². The molecule has 2 heterocycles. The van der Waals surface area contributed by atoms with Gasteiger partial charge in [0.2, 0.25) is 11.9 Å². The van der Waals surface area contributed by atoms with Gasteiger partial charge in [0.15, 0.2) is 5.92 Å². The number of amides is 1. The highest BCUT2D eigenvalue weighted by Gasteiger charge is 2.47. The number of ether oxygens (including phenoxy) is 1. The van der Waals surface area contributed by atoms with E-state index in [2.05, 4.69) is 13.8 Å². The highest BCUT2D eigenvalue weighted by Crippen LogP contribution is 2.41. The lowest BCUT2D eigenvalue weighted by molar-refractivity contribution is -0.153. The Hall–Kier alpha value is -3.22. The highest BCUT2D eigenvalue weighted by molar-refractivity contribution is 6.08. The van der Waals surface area contributed by atoms with E-state index in [-0.39, 0.29) is 18.3 Å². The minimum Gasteiger partial charge on any atom is -0.465 e. The molecule has 0 spiro atoms. The molecule has 0 fully saturated rings. The number of para-hydroxylation sites is 2. The summed E-state index contributed by atoms with van der Waals surface area (Å²) in [6.07, 6.45) is 0.770. The van der Waals surface area contributed by atoms with Gasteiger partial charge in [-0.05, 0) is 49.1 Å². The van der Waals surface area contributed by atoms with Crippen molar-refractivity contribution in [1.82, 2.24) is 9.55 Å². The van der Waals surface area contributed by atoms with Crippen LogP contribution in [-0.4, -0.2) is 34.6 Å². The van der Waals surface area contributed by atoms with Gasteiger partial charge in [0.05, 0.1) is 23.7 Å². The van der Waals surface area contributed by atoms with Crippen LogP contribution in [0.3, 0.4) is 0 Å². The van der Waals surface area contributed by atoms with E-state index in [1.807, 2.05) is 28.8 Å². The Morgan fingerprint density at radius 1 is 1.16 bits per heavy atom. The van der Waals surface area contributed by atoms with E-state index in [1.165, 1.54) is 12.1 Å². The molecule has 0 saturated carbocycles. The maximum atomic E-state index is 13.6. The van der Waals surface area contributed by atoms with Crippen molar-refractivity contribution in [2.24, 2.45) is 11.8 Å². The molecule has 1 amide bonds. The number of halogens is 1. The van der Waals surface area contributed by atoms with Gasteiger partial charge < -0.3 is 9.30 Å². The molecular formula is C24H26FN3O3. The van der Waals surface area contributed by atoms with Gasteiger partial charge in [-0.15, -0.1) is 0 Å². The number of hydrogen-bond acceptors (Lipinski definition) is 4. The number of nitrogens with zero attached hydrogens (tertiary/aromatic N) is 3. The molecule has 7 heteroatoms. The van der Waals surface area contributed by atoms with E-state index in [1.54, 1.807) is 24.0 Å². The topological polar surface area (TPSA) is 64.4 Å². The Bertz CT molecular complexity index is 1110. The summed E-state index contributed by atoms with van der Waals surface area (Å²) in [6.45, 7) is 6.50. The van der Waals surface area contributed by atoms with Crippen molar-refractivity contribution in [2.45, 2.75) is 33.2 Å². The summed E-state index contributed by atoms with van der Waals surface area (Å²) >= 11 is 0. The van der Waals surface area contributed by atoms with Crippen molar-refractivity contribution in [3.8, 4) is 0 Å². The first-order valence-corrected chi connectivity index (χ1v) is 10.6. The van der Waals surface area contributed by atoms with Crippen LogP contribution >= 0.6 is 0 Å². The second-order valence-electron chi connectivity index (χ2n) is 8.17. The summed E-state index contributed by atoms with van der Waals surface area (Å²) in [6, 6.07) is 12.8. The molecule has 0 N–H and O–H groups in total. The fourth-order valence-electron chi connectivity index (χ4n) is 4.11. The van der Waals surface area contributed by atoms with E-state index < -0.39 is 17.9 Å². The van der Waals surface area contributed by atoms with Crippen LogP contribution in [0, 0.1) is 17.7 Å². The molecule has 4 rings (SSSR count). The fraction of sp³-hybridized carbons (Fsp3) is 0.375. The van der Waals surface area contributed by atoms with E-state index in [9.17, 15) is 14.0 Å². The van der Waals surface area contributed by atoms with Gasteiger partial charge in [0.25, 0.3) is 0 Å². The van der Waals surface area contributed by atoms with Crippen molar-refractivity contribution < 1.29 is 18.7 Å². The molecule has 3 aromatic rings. The van der Waals surface area contributed by atoms with Gasteiger partial charge in [-0.1, -0.05) is 38.1 Å². The smallest absolute Gasteiger partial charge is 0.321 e. The second-order valence-corrected chi connectivity index (χ2v) is 8.17. The molecule has 1 aromatic heterocycles. The van der Waals surface area contributed by atoms with Crippen LogP contribution in [0.5, 0.6) is 0 Å². The van der Waals surface area contributed by atoms with Gasteiger partial charge in [-0.3, -0.25) is 14.5 Å². The van der Waals surface area contributed by atoms with E-state index in [0.29, 0.717) is 24.0 Å². The molecule has 0 aliphatic carbocycles. The number of esters is 1. The minimum atomic E-state index is -1.08. The van der Waals surface area contributed by atoms with Crippen molar-refractivity contribution in [1.29, 1.82) is 0 Å². The molecule has 162 valence electrons. The van der Waals surface area contributed by atoms with Gasteiger partial charge in [0.1, 0.15) is 5.82 Å². The Balaban J connectivity index is 1.95.